The topological polar surface area (TPSA) is 89.7 Å². The monoisotopic (exact) mass is 344 g/mol. The summed E-state index contributed by atoms with van der Waals surface area (Å²) in [5.41, 5.74) is 4.26. The van der Waals surface area contributed by atoms with Crippen LogP contribution in [0.1, 0.15) is 68.7 Å². The van der Waals surface area contributed by atoms with Gasteiger partial charge >= 0.3 is 6.09 Å². The number of carbonyl (C=O) groups is 3. The minimum atomic E-state index is -0.725. The fourth-order valence-corrected chi connectivity index (χ4v) is 2.16. The number of likely N-dealkylation sites (tertiary alicyclic amines) is 1. The minimum absolute atomic E-state index is 0. The van der Waals surface area contributed by atoms with Crippen molar-refractivity contribution in [2.45, 2.75) is 78.9 Å². The van der Waals surface area contributed by atoms with Crippen molar-refractivity contribution in [1.29, 1.82) is 0 Å². The highest BCUT2D eigenvalue weighted by atomic mass is 16.6. The zero-order valence-electron chi connectivity index (χ0n) is 16.1. The van der Waals surface area contributed by atoms with Crippen LogP contribution in [0.15, 0.2) is 12.7 Å². The lowest BCUT2D eigenvalue weighted by molar-refractivity contribution is -0.136. The van der Waals surface area contributed by atoms with Gasteiger partial charge in [0.1, 0.15) is 5.60 Å². The number of hydrogen-bond acceptors (Lipinski definition) is 4. The van der Waals surface area contributed by atoms with Gasteiger partial charge in [0.05, 0.1) is 6.04 Å². The molecule has 1 heterocycles. The van der Waals surface area contributed by atoms with Gasteiger partial charge in [0, 0.05) is 14.4 Å². The van der Waals surface area contributed by atoms with Crippen LogP contribution in [0.2, 0.25) is 0 Å². The van der Waals surface area contributed by atoms with Crippen molar-refractivity contribution >= 4 is 17.8 Å². The van der Waals surface area contributed by atoms with Crippen LogP contribution in [0.4, 0.5) is 4.79 Å². The summed E-state index contributed by atoms with van der Waals surface area (Å²) in [4.78, 5) is 34.6. The first-order chi connectivity index (χ1) is 11.1. The number of ketones is 1. The maximum absolute atomic E-state index is 11.6. The minimum Gasteiger partial charge on any atom is -0.444 e. The zero-order chi connectivity index (χ0) is 19.3. The standard InChI is InChI=1S/C11H17NO2.C5H11NO2.C2H6.H2/c1-3-4-7-11(14)12-8-5-6-10(12)9(2)13;1-5(2,3)8-4(6)7;1-2;/h3,10H,1,4-8H2,2H3;1-3H3,(H2,6,7);1-2H3;1H/t10-;;;/m0.../s1. The fourth-order valence-electron chi connectivity index (χ4n) is 2.16. The number of ether oxygens (including phenoxy) is 1. The highest BCUT2D eigenvalue weighted by Crippen LogP contribution is 2.19. The molecule has 0 aromatic carbocycles. The third-order valence-electron chi connectivity index (χ3n) is 3.01. The second kappa shape index (κ2) is 12.6. The van der Waals surface area contributed by atoms with Gasteiger partial charge in [-0.1, -0.05) is 19.9 Å². The molecule has 0 radical (unpaired) electrons. The molecular formula is C18H36N2O4. The number of primary amides is 1. The zero-order valence-corrected chi connectivity index (χ0v) is 16.1. The van der Waals surface area contributed by atoms with E-state index >= 15 is 0 Å². The Hall–Kier alpha value is -1.85. The summed E-state index contributed by atoms with van der Waals surface area (Å²) in [6.07, 6.45) is 3.96. The molecule has 0 spiro atoms. The highest BCUT2D eigenvalue weighted by Gasteiger charge is 2.30. The van der Waals surface area contributed by atoms with Gasteiger partial charge in [0.25, 0.3) is 0 Å². The van der Waals surface area contributed by atoms with Crippen LogP contribution in [-0.4, -0.2) is 40.9 Å². The predicted molar refractivity (Wildman–Crippen MR) is 98.7 cm³/mol. The summed E-state index contributed by atoms with van der Waals surface area (Å²) >= 11 is 0. The van der Waals surface area contributed by atoms with E-state index in [1.807, 2.05) is 13.8 Å². The van der Waals surface area contributed by atoms with E-state index in [9.17, 15) is 14.4 Å². The van der Waals surface area contributed by atoms with E-state index in [0.717, 1.165) is 19.4 Å². The number of rotatable bonds is 4. The molecule has 2 N–H and O–H groups in total. The largest absolute Gasteiger partial charge is 0.444 e. The highest BCUT2D eigenvalue weighted by molar-refractivity contribution is 5.88. The number of nitrogens with two attached hydrogens (primary N) is 1. The summed E-state index contributed by atoms with van der Waals surface area (Å²) in [5, 5.41) is 0. The van der Waals surface area contributed by atoms with Crippen molar-refractivity contribution in [3.05, 3.63) is 12.7 Å². The molecule has 142 valence electrons. The van der Waals surface area contributed by atoms with Crippen LogP contribution in [-0.2, 0) is 14.3 Å². The van der Waals surface area contributed by atoms with Crippen LogP contribution in [0.5, 0.6) is 0 Å². The van der Waals surface area contributed by atoms with E-state index in [-0.39, 0.29) is 19.2 Å². The molecule has 0 bridgehead atoms. The van der Waals surface area contributed by atoms with Crippen LogP contribution in [0.3, 0.4) is 0 Å². The lowest BCUT2D eigenvalue weighted by atomic mass is 10.1. The van der Waals surface area contributed by atoms with E-state index < -0.39 is 11.7 Å². The quantitative estimate of drug-likeness (QED) is 0.788. The number of carbonyl (C=O) groups excluding carboxylic acids is 3. The Balaban J connectivity index is -0.000000380. The lowest BCUT2D eigenvalue weighted by Gasteiger charge is -2.22. The van der Waals surface area contributed by atoms with Crippen LogP contribution in [0, 0.1) is 0 Å². The van der Waals surface area contributed by atoms with Gasteiger partial charge < -0.3 is 15.4 Å². The van der Waals surface area contributed by atoms with E-state index in [2.05, 4.69) is 11.3 Å². The van der Waals surface area contributed by atoms with E-state index in [1.165, 1.54) is 0 Å². The van der Waals surface area contributed by atoms with Crippen LogP contribution < -0.4 is 5.73 Å². The van der Waals surface area contributed by atoms with Gasteiger partial charge in [-0.25, -0.2) is 4.79 Å². The third kappa shape index (κ3) is 11.7. The van der Waals surface area contributed by atoms with Crippen molar-refractivity contribution in [1.82, 2.24) is 4.90 Å². The molecule has 0 aromatic rings. The van der Waals surface area contributed by atoms with Crippen molar-refractivity contribution in [3.63, 3.8) is 0 Å². The maximum Gasteiger partial charge on any atom is 0.405 e. The smallest absolute Gasteiger partial charge is 0.405 e. The Morgan fingerprint density at radius 3 is 2.21 bits per heavy atom. The first kappa shape index (κ1) is 24.4. The van der Waals surface area contributed by atoms with E-state index in [4.69, 9.17) is 5.73 Å². The molecule has 1 rings (SSSR count). The van der Waals surface area contributed by atoms with Crippen molar-refractivity contribution in [2.24, 2.45) is 5.73 Å². The molecule has 6 heteroatoms. The van der Waals surface area contributed by atoms with E-state index in [0.29, 0.717) is 12.8 Å². The molecule has 1 aliphatic heterocycles. The van der Waals surface area contributed by atoms with Crippen molar-refractivity contribution in [2.75, 3.05) is 6.54 Å². The number of amides is 2. The molecule has 1 saturated heterocycles. The van der Waals surface area contributed by atoms with Gasteiger partial charge in [-0.15, -0.1) is 6.58 Å². The molecular weight excluding hydrogens is 308 g/mol. The van der Waals surface area contributed by atoms with E-state index in [1.54, 1.807) is 38.7 Å². The van der Waals surface area contributed by atoms with Gasteiger partial charge in [-0.2, -0.15) is 0 Å². The van der Waals surface area contributed by atoms with Crippen molar-refractivity contribution < 1.29 is 20.5 Å². The molecule has 1 atom stereocenters. The Morgan fingerprint density at radius 2 is 1.88 bits per heavy atom. The fraction of sp³-hybridized carbons (Fsp3) is 0.722. The maximum atomic E-state index is 11.6. The van der Waals surface area contributed by atoms with Crippen LogP contribution >= 0.6 is 0 Å². The van der Waals surface area contributed by atoms with Gasteiger partial charge in [-0.3, -0.25) is 9.59 Å². The predicted octanol–water partition coefficient (Wildman–Crippen LogP) is 3.69. The number of nitrogens with zero attached hydrogens (tertiary/aromatic N) is 1. The lowest BCUT2D eigenvalue weighted by Crippen LogP contribution is -2.39. The molecule has 1 fully saturated rings. The third-order valence-corrected chi connectivity index (χ3v) is 3.01. The summed E-state index contributed by atoms with van der Waals surface area (Å²) < 4.78 is 4.58. The van der Waals surface area contributed by atoms with Gasteiger partial charge in [0.2, 0.25) is 5.91 Å². The summed E-state index contributed by atoms with van der Waals surface area (Å²) in [6.45, 7) is 15.2. The summed E-state index contributed by atoms with van der Waals surface area (Å²) in [5.74, 6) is 0.192. The van der Waals surface area contributed by atoms with Gasteiger partial charge in [0.15, 0.2) is 5.78 Å². The summed E-state index contributed by atoms with van der Waals surface area (Å²) in [7, 11) is 0. The Bertz CT molecular complexity index is 420. The molecule has 0 aromatic heterocycles. The average Bonchev–Trinajstić information content (AvgIpc) is 2.94. The first-order valence-corrected chi connectivity index (χ1v) is 8.47. The SMILES string of the molecule is C=CCCC(=O)N1CCC[C@H]1C(C)=O.CC.CC(C)(C)OC(N)=O.[HH]. The Morgan fingerprint density at radius 1 is 1.33 bits per heavy atom. The number of allylic oxidation sites excluding steroid dienone is 1. The first-order valence-electron chi connectivity index (χ1n) is 8.47. The normalized spacial score (nSPS) is 16.1. The Labute approximate surface area is 147 Å². The molecule has 0 saturated carbocycles. The molecule has 2 amide bonds. The molecule has 6 nitrogen and oxygen atoms in total. The summed E-state index contributed by atoms with van der Waals surface area (Å²) in [6, 6.07) is -0.160. The number of hydrogen-bond donors (Lipinski definition) is 1. The molecule has 0 aliphatic carbocycles. The second-order valence-electron chi connectivity index (χ2n) is 6.22. The second-order valence-corrected chi connectivity index (χ2v) is 6.22. The van der Waals surface area contributed by atoms with Crippen molar-refractivity contribution in [3.8, 4) is 0 Å². The van der Waals surface area contributed by atoms with Gasteiger partial charge in [-0.05, 0) is 47.0 Å². The number of Topliss-reactive ketones (excluding diaryl/α,β-unsaturated/α-hetero) is 1. The van der Waals surface area contributed by atoms with Crippen LogP contribution in [0.25, 0.3) is 0 Å². The molecule has 0 unspecified atom stereocenters. The average molecular weight is 344 g/mol. The Kier molecular flexibility index (Phi) is 12.8. The molecule has 24 heavy (non-hydrogen) atoms. The molecule has 1 aliphatic rings.